The number of hydrogen-bond acceptors (Lipinski definition) is 6. The van der Waals surface area contributed by atoms with Gasteiger partial charge in [-0.15, -0.1) is 13.2 Å². The number of benzene rings is 2. The van der Waals surface area contributed by atoms with Crippen molar-refractivity contribution in [3.8, 4) is 5.75 Å². The summed E-state index contributed by atoms with van der Waals surface area (Å²) < 4.78 is 40.4. The Kier molecular flexibility index (Phi) is 16.1. The van der Waals surface area contributed by atoms with E-state index in [1.54, 1.807) is 36.2 Å². The molecule has 0 atom stereocenters. The molecule has 0 saturated carbocycles. The SMILES string of the molecule is C=C.C=S.CC.FOc1ccc(SN2CCCC2)cc1.O=C(O)C(F)(F)c1[nH]nc2ccccc12. The third-order valence-electron chi connectivity index (χ3n) is 4.26. The van der Waals surface area contributed by atoms with Gasteiger partial charge in [0.1, 0.15) is 5.69 Å². The molecular weight excluding hydrogens is 499 g/mol. The minimum Gasteiger partial charge on any atom is -0.476 e. The van der Waals surface area contributed by atoms with Crippen molar-refractivity contribution in [1.82, 2.24) is 14.5 Å². The van der Waals surface area contributed by atoms with Gasteiger partial charge in [0, 0.05) is 27.9 Å². The number of aromatic nitrogens is 2. The normalized spacial score (nSPS) is 12.4. The largest absolute Gasteiger partial charge is 0.476 e. The van der Waals surface area contributed by atoms with Gasteiger partial charge in [-0.1, -0.05) is 44.3 Å². The zero-order valence-corrected chi connectivity index (χ0v) is 21.3. The zero-order valence-electron chi connectivity index (χ0n) is 19.7. The van der Waals surface area contributed by atoms with Crippen molar-refractivity contribution in [3.63, 3.8) is 0 Å². The second kappa shape index (κ2) is 17.5. The van der Waals surface area contributed by atoms with E-state index in [1.807, 2.05) is 26.0 Å². The van der Waals surface area contributed by atoms with Crippen molar-refractivity contribution in [1.29, 1.82) is 0 Å². The lowest BCUT2D eigenvalue weighted by Crippen LogP contribution is -2.26. The molecule has 1 saturated heterocycles. The van der Waals surface area contributed by atoms with Crippen molar-refractivity contribution >= 4 is 46.9 Å². The van der Waals surface area contributed by atoms with Crippen LogP contribution in [0.5, 0.6) is 5.75 Å². The molecule has 1 aliphatic heterocycles. The van der Waals surface area contributed by atoms with Gasteiger partial charge in [0.15, 0.2) is 5.75 Å². The number of carboxylic acids is 1. The highest BCUT2D eigenvalue weighted by Crippen LogP contribution is 2.32. The van der Waals surface area contributed by atoms with Crippen LogP contribution >= 0.6 is 24.2 Å². The first-order chi connectivity index (χ1) is 16.9. The van der Waals surface area contributed by atoms with E-state index in [0.717, 1.165) is 18.0 Å². The smallest absolute Gasteiger partial charge is 0.384 e. The molecule has 0 radical (unpaired) electrons. The molecule has 35 heavy (non-hydrogen) atoms. The van der Waals surface area contributed by atoms with Crippen LogP contribution in [0.4, 0.5) is 13.3 Å². The van der Waals surface area contributed by atoms with Gasteiger partial charge in [0.2, 0.25) is 0 Å². The summed E-state index contributed by atoms with van der Waals surface area (Å²) in [5.41, 5.74) is -0.376. The molecule has 1 aliphatic rings. The molecule has 0 unspecified atom stereocenters. The standard InChI is InChI=1S/C10H12FNOS.C9H6F2N2O2.C2H6.C2H4.CH2S/c11-13-9-3-5-10(6-4-9)14-12-7-1-2-8-12;10-9(11,8(14)15)7-5-3-1-2-4-6(5)12-13-7;3*1-2/h3-6H,1-2,7-8H2;1-4H,(H,12,13)(H,14,15);1-2H3;1-2H2;1H2. The summed E-state index contributed by atoms with van der Waals surface area (Å²) in [5.74, 6) is -3.05. The van der Waals surface area contributed by atoms with Gasteiger partial charge in [-0.3, -0.25) is 10.0 Å². The first-order valence-corrected chi connectivity index (χ1v) is 11.9. The molecule has 0 spiro atoms. The highest BCUT2D eigenvalue weighted by Gasteiger charge is 2.44. The molecule has 6 nitrogen and oxygen atoms in total. The second-order valence-corrected chi connectivity index (χ2v) is 7.44. The number of nitrogens with zero attached hydrogens (tertiary/aromatic N) is 2. The summed E-state index contributed by atoms with van der Waals surface area (Å²) in [5, 5.41) is 14.1. The number of halogens is 3. The number of fused-ring (bicyclic) bond motifs is 1. The summed E-state index contributed by atoms with van der Waals surface area (Å²) in [4.78, 5) is 15.1. The van der Waals surface area contributed by atoms with Crippen LogP contribution in [0.3, 0.4) is 0 Å². The summed E-state index contributed by atoms with van der Waals surface area (Å²) in [6.07, 6.45) is 2.55. The van der Waals surface area contributed by atoms with E-state index in [1.165, 1.54) is 25.0 Å². The average Bonchev–Trinajstić information content (AvgIpc) is 3.59. The van der Waals surface area contributed by atoms with Crippen molar-refractivity contribution in [3.05, 3.63) is 67.4 Å². The zero-order chi connectivity index (χ0) is 26.9. The van der Waals surface area contributed by atoms with E-state index in [4.69, 9.17) is 5.11 Å². The maximum absolute atomic E-state index is 13.2. The number of carboxylic acid groups (broad SMARTS) is 1. The van der Waals surface area contributed by atoms with Gasteiger partial charge in [0.25, 0.3) is 0 Å². The molecule has 0 aliphatic carbocycles. The topological polar surface area (TPSA) is 78.5 Å². The Bertz CT molecular complexity index is 996. The van der Waals surface area contributed by atoms with E-state index in [2.05, 4.69) is 50.7 Å². The molecule has 0 bridgehead atoms. The number of carbonyl (C=O) groups is 1. The maximum atomic E-state index is 13.2. The quantitative estimate of drug-likeness (QED) is 0.205. The van der Waals surface area contributed by atoms with Gasteiger partial charge in [-0.05, 0) is 61.0 Å². The summed E-state index contributed by atoms with van der Waals surface area (Å²) in [6.45, 7) is 12.3. The van der Waals surface area contributed by atoms with Crippen LogP contribution in [0.25, 0.3) is 10.9 Å². The molecule has 1 fully saturated rings. The number of hydrogen-bond donors (Lipinski definition) is 2. The fraction of sp³-hybridized carbons (Fsp3) is 0.292. The molecule has 1 aromatic heterocycles. The summed E-state index contributed by atoms with van der Waals surface area (Å²) >= 11 is 5.56. The van der Waals surface area contributed by atoms with Gasteiger partial charge in [-0.2, -0.15) is 13.9 Å². The van der Waals surface area contributed by atoms with Crippen LogP contribution in [-0.2, 0) is 10.7 Å². The van der Waals surface area contributed by atoms with Crippen LogP contribution in [0, 0.1) is 0 Å². The van der Waals surface area contributed by atoms with E-state index >= 15 is 0 Å². The van der Waals surface area contributed by atoms with Crippen LogP contribution in [-0.4, -0.2) is 44.5 Å². The number of rotatable bonds is 5. The molecular formula is C24H30F3N3O3S2. The lowest BCUT2D eigenvalue weighted by Gasteiger charge is -2.12. The maximum Gasteiger partial charge on any atom is 0.384 e. The Balaban J connectivity index is 0.000000546. The predicted octanol–water partition coefficient (Wildman–Crippen LogP) is 7.24. The lowest BCUT2D eigenvalue weighted by molar-refractivity contribution is -0.166. The molecule has 2 heterocycles. The minimum atomic E-state index is -3.95. The summed E-state index contributed by atoms with van der Waals surface area (Å²) in [7, 11) is 0. The Hall–Kier alpha value is -2.89. The van der Waals surface area contributed by atoms with E-state index in [-0.39, 0.29) is 11.1 Å². The number of aromatic amines is 1. The molecule has 4 rings (SSSR count). The Morgan fingerprint density at radius 1 is 1.11 bits per heavy atom. The monoisotopic (exact) mass is 529 g/mol. The third-order valence-corrected chi connectivity index (χ3v) is 5.36. The number of thiocarbonyl (C=S) groups is 1. The Labute approximate surface area is 213 Å². The van der Waals surface area contributed by atoms with Crippen molar-refractivity contribution in [2.45, 2.75) is 37.5 Å². The number of nitrogens with one attached hydrogen (secondary N) is 1. The number of aliphatic carboxylic acids is 1. The highest BCUT2D eigenvalue weighted by atomic mass is 32.2. The predicted molar refractivity (Wildman–Crippen MR) is 140 cm³/mol. The van der Waals surface area contributed by atoms with Crippen molar-refractivity contribution < 1.29 is 28.1 Å². The first-order valence-electron chi connectivity index (χ1n) is 10.6. The van der Waals surface area contributed by atoms with Gasteiger partial charge in [0.05, 0.1) is 5.52 Å². The van der Waals surface area contributed by atoms with Crippen LogP contribution in [0.15, 0.2) is 66.6 Å². The third kappa shape index (κ3) is 9.71. The first kappa shape index (κ1) is 32.1. The van der Waals surface area contributed by atoms with E-state index in [9.17, 15) is 18.1 Å². The van der Waals surface area contributed by atoms with Crippen LogP contribution < -0.4 is 4.94 Å². The highest BCUT2D eigenvalue weighted by molar-refractivity contribution is 7.97. The lowest BCUT2D eigenvalue weighted by atomic mass is 10.1. The van der Waals surface area contributed by atoms with Gasteiger partial charge in [-0.25, -0.2) is 9.10 Å². The molecule has 2 N–H and O–H groups in total. The average molecular weight is 530 g/mol. The fourth-order valence-electron chi connectivity index (χ4n) is 2.79. The van der Waals surface area contributed by atoms with Gasteiger partial charge < -0.3 is 5.11 Å². The number of para-hydroxylation sites is 1. The van der Waals surface area contributed by atoms with Crippen LogP contribution in [0.1, 0.15) is 32.4 Å². The van der Waals surface area contributed by atoms with E-state index < -0.39 is 17.6 Å². The van der Waals surface area contributed by atoms with Gasteiger partial charge >= 0.3 is 11.9 Å². The molecule has 2 aromatic carbocycles. The molecule has 11 heteroatoms. The van der Waals surface area contributed by atoms with Crippen molar-refractivity contribution in [2.75, 3.05) is 13.1 Å². The Morgan fingerprint density at radius 3 is 2.17 bits per heavy atom. The molecule has 192 valence electrons. The molecule has 0 amide bonds. The van der Waals surface area contributed by atoms with Crippen molar-refractivity contribution in [2.24, 2.45) is 0 Å². The molecule has 3 aromatic rings. The second-order valence-electron chi connectivity index (χ2n) is 6.27. The fourth-order valence-corrected chi connectivity index (χ4v) is 3.78. The van der Waals surface area contributed by atoms with Crippen LogP contribution in [0.2, 0.25) is 0 Å². The number of H-pyrrole nitrogens is 1. The Morgan fingerprint density at radius 2 is 1.66 bits per heavy atom. The summed E-state index contributed by atoms with van der Waals surface area (Å²) in [6, 6.07) is 13.1. The van der Waals surface area contributed by atoms with E-state index in [0.29, 0.717) is 5.52 Å². The minimum absolute atomic E-state index is 0.116. The number of alkyl halides is 2.